The summed E-state index contributed by atoms with van der Waals surface area (Å²) >= 11 is 0. The van der Waals surface area contributed by atoms with Crippen LogP contribution in [0.2, 0.25) is 0 Å². The second-order valence-corrected chi connectivity index (χ2v) is 4.67. The summed E-state index contributed by atoms with van der Waals surface area (Å²) in [6.45, 7) is 1.75. The zero-order valence-corrected chi connectivity index (χ0v) is 6.91. The number of rotatable bonds is 1. The number of hydrogen-bond donors (Lipinski definition) is 3. The molecule has 0 aliphatic heterocycles. The van der Waals surface area contributed by atoms with Crippen molar-refractivity contribution in [3.8, 4) is 0 Å². The number of hydrogen-bond acceptors (Lipinski definition) is 2. The third kappa shape index (κ3) is 1.46. The van der Waals surface area contributed by atoms with E-state index in [0.717, 1.165) is 5.56 Å². The molecule has 0 aliphatic rings. The van der Waals surface area contributed by atoms with E-state index in [4.69, 9.17) is 19.8 Å². The summed E-state index contributed by atoms with van der Waals surface area (Å²) in [5.41, 5.74) is 0.759. The molecule has 1 heterocycles. The molecular formula is C5H8ClNO2S. The Balaban J connectivity index is 3.05. The van der Waals surface area contributed by atoms with Crippen LogP contribution >= 0.6 is 20.5 Å². The fraction of sp³-hybridized carbons (Fsp3) is 0.200. The van der Waals surface area contributed by atoms with Crippen LogP contribution < -0.4 is 0 Å². The number of aryl methyl sites for hydroxylation is 1. The van der Waals surface area contributed by atoms with Gasteiger partial charge in [-0.25, -0.2) is 0 Å². The summed E-state index contributed by atoms with van der Waals surface area (Å²) in [6.07, 6.45) is 3.14. The van der Waals surface area contributed by atoms with Gasteiger partial charge in [0, 0.05) is 23.1 Å². The standard InChI is InChI=1S/C5H8ClNO2S/c1-4-2-7-3-5(4)10(6,8)9/h2-3,7-9H,1H3. The van der Waals surface area contributed by atoms with Crippen molar-refractivity contribution in [2.75, 3.05) is 0 Å². The highest BCUT2D eigenvalue weighted by molar-refractivity contribution is 8.43. The molecule has 1 rings (SSSR count). The van der Waals surface area contributed by atoms with Crippen LogP contribution in [0.25, 0.3) is 0 Å². The van der Waals surface area contributed by atoms with Crippen LogP contribution in [0, 0.1) is 6.92 Å². The Labute approximate surface area is 64.9 Å². The van der Waals surface area contributed by atoms with E-state index in [2.05, 4.69) is 4.98 Å². The van der Waals surface area contributed by atoms with Gasteiger partial charge in [0.15, 0.2) is 0 Å². The first-order valence-corrected chi connectivity index (χ1v) is 5.00. The summed E-state index contributed by atoms with van der Waals surface area (Å²) < 4.78 is 17.9. The first-order valence-electron chi connectivity index (χ1n) is 2.63. The number of halogens is 1. The van der Waals surface area contributed by atoms with E-state index < -0.39 is 9.80 Å². The number of aromatic amines is 1. The van der Waals surface area contributed by atoms with E-state index in [-0.39, 0.29) is 0 Å². The van der Waals surface area contributed by atoms with E-state index >= 15 is 0 Å². The molecule has 3 nitrogen and oxygen atoms in total. The van der Waals surface area contributed by atoms with Gasteiger partial charge in [0.1, 0.15) is 0 Å². The fourth-order valence-electron chi connectivity index (χ4n) is 0.707. The molecular weight excluding hydrogens is 174 g/mol. The largest absolute Gasteiger partial charge is 0.366 e. The van der Waals surface area contributed by atoms with Gasteiger partial charge in [-0.3, -0.25) is 9.11 Å². The van der Waals surface area contributed by atoms with Crippen molar-refractivity contribution in [1.82, 2.24) is 4.98 Å². The van der Waals surface area contributed by atoms with E-state index in [1.54, 1.807) is 13.1 Å². The van der Waals surface area contributed by atoms with Crippen molar-refractivity contribution in [1.29, 1.82) is 0 Å². The first kappa shape index (κ1) is 7.94. The van der Waals surface area contributed by atoms with Crippen molar-refractivity contribution in [3.05, 3.63) is 18.0 Å². The summed E-state index contributed by atoms with van der Waals surface area (Å²) in [5, 5.41) is 0. The summed E-state index contributed by atoms with van der Waals surface area (Å²) in [7, 11) is 2.23. The molecule has 0 bridgehead atoms. The SMILES string of the molecule is Cc1c[nH]cc1S(O)(O)Cl. The number of nitrogens with one attached hydrogen (secondary N) is 1. The molecule has 0 aliphatic carbocycles. The minimum absolute atomic E-state index is 0.370. The summed E-state index contributed by atoms with van der Waals surface area (Å²) in [5.74, 6) is 0. The quantitative estimate of drug-likeness (QED) is 0.624. The lowest BCUT2D eigenvalue weighted by Crippen LogP contribution is -1.87. The topological polar surface area (TPSA) is 56.2 Å². The Morgan fingerprint density at radius 1 is 1.50 bits per heavy atom. The van der Waals surface area contributed by atoms with Gasteiger partial charge in [-0.2, -0.15) is 0 Å². The second-order valence-electron chi connectivity index (χ2n) is 1.98. The Kier molecular flexibility index (Phi) is 1.96. The third-order valence-electron chi connectivity index (χ3n) is 1.18. The average molecular weight is 182 g/mol. The Bertz CT molecular complexity index is 230. The number of aromatic nitrogens is 1. The van der Waals surface area contributed by atoms with Crippen LogP contribution in [0.5, 0.6) is 0 Å². The lowest BCUT2D eigenvalue weighted by Gasteiger charge is -2.21. The molecule has 0 radical (unpaired) electrons. The third-order valence-corrected chi connectivity index (χ3v) is 2.68. The highest BCUT2D eigenvalue weighted by Crippen LogP contribution is 2.53. The molecule has 5 heteroatoms. The molecule has 3 N–H and O–H groups in total. The Morgan fingerprint density at radius 2 is 2.10 bits per heavy atom. The maximum Gasteiger partial charge on any atom is 0.0959 e. The van der Waals surface area contributed by atoms with Crippen molar-refractivity contribution >= 4 is 20.5 Å². The van der Waals surface area contributed by atoms with Gasteiger partial charge in [-0.05, 0) is 12.5 Å². The van der Waals surface area contributed by atoms with Crippen LogP contribution in [-0.4, -0.2) is 14.1 Å². The van der Waals surface area contributed by atoms with Crippen LogP contribution in [0.15, 0.2) is 17.3 Å². The fourth-order valence-corrected chi connectivity index (χ4v) is 1.89. The van der Waals surface area contributed by atoms with Crippen molar-refractivity contribution in [2.45, 2.75) is 11.8 Å². The van der Waals surface area contributed by atoms with Crippen LogP contribution in [-0.2, 0) is 0 Å². The van der Waals surface area contributed by atoms with Gasteiger partial charge >= 0.3 is 0 Å². The Morgan fingerprint density at radius 3 is 2.30 bits per heavy atom. The summed E-state index contributed by atoms with van der Waals surface area (Å²) in [4.78, 5) is 3.09. The molecule has 1 aromatic rings. The van der Waals surface area contributed by atoms with Crippen molar-refractivity contribution < 1.29 is 9.11 Å². The lowest BCUT2D eigenvalue weighted by atomic mass is 10.4. The average Bonchev–Trinajstić information content (AvgIpc) is 2.11. The van der Waals surface area contributed by atoms with Crippen LogP contribution in [0.1, 0.15) is 5.56 Å². The molecule has 0 saturated carbocycles. The zero-order valence-electron chi connectivity index (χ0n) is 5.34. The molecule has 0 fully saturated rings. The lowest BCUT2D eigenvalue weighted by molar-refractivity contribution is 0.507. The van der Waals surface area contributed by atoms with E-state index in [0.29, 0.717) is 4.90 Å². The van der Waals surface area contributed by atoms with Gasteiger partial charge in [0.05, 0.1) is 4.90 Å². The van der Waals surface area contributed by atoms with E-state index in [1.165, 1.54) is 6.20 Å². The van der Waals surface area contributed by atoms with Gasteiger partial charge in [0.25, 0.3) is 0 Å². The van der Waals surface area contributed by atoms with E-state index in [9.17, 15) is 0 Å². The monoisotopic (exact) mass is 181 g/mol. The Hall–Kier alpha value is -0.160. The highest BCUT2D eigenvalue weighted by atomic mass is 35.7. The number of H-pyrrole nitrogens is 1. The van der Waals surface area contributed by atoms with Crippen molar-refractivity contribution in [3.63, 3.8) is 0 Å². The smallest absolute Gasteiger partial charge is 0.0959 e. The second kappa shape index (κ2) is 2.47. The van der Waals surface area contributed by atoms with Gasteiger partial charge in [0.2, 0.25) is 0 Å². The molecule has 0 spiro atoms. The zero-order chi connectivity index (χ0) is 7.78. The van der Waals surface area contributed by atoms with Gasteiger partial charge in [-0.1, -0.05) is 9.80 Å². The predicted octanol–water partition coefficient (Wildman–Crippen LogP) is 2.59. The summed E-state index contributed by atoms with van der Waals surface area (Å²) in [6, 6.07) is 0. The normalized spacial score (nSPS) is 13.6. The van der Waals surface area contributed by atoms with Crippen LogP contribution in [0.3, 0.4) is 0 Å². The highest BCUT2D eigenvalue weighted by Gasteiger charge is 2.14. The van der Waals surface area contributed by atoms with Gasteiger partial charge < -0.3 is 4.98 Å². The van der Waals surface area contributed by atoms with Crippen molar-refractivity contribution in [2.24, 2.45) is 0 Å². The molecule has 1 aromatic heterocycles. The first-order chi connectivity index (χ1) is 4.52. The molecule has 0 unspecified atom stereocenters. The molecule has 0 amide bonds. The molecule has 58 valence electrons. The van der Waals surface area contributed by atoms with Gasteiger partial charge in [-0.15, -0.1) is 0 Å². The molecule has 10 heavy (non-hydrogen) atoms. The van der Waals surface area contributed by atoms with E-state index in [1.807, 2.05) is 0 Å². The molecule has 0 atom stereocenters. The maximum absolute atomic E-state index is 8.94. The predicted molar refractivity (Wildman–Crippen MR) is 42.5 cm³/mol. The van der Waals surface area contributed by atoms with Crippen LogP contribution in [0.4, 0.5) is 0 Å². The minimum Gasteiger partial charge on any atom is -0.366 e. The minimum atomic E-state index is -3.05. The maximum atomic E-state index is 8.94. The molecule has 0 aromatic carbocycles. The molecule has 0 saturated heterocycles.